The average Bonchev–Trinajstić information content (AvgIpc) is 2.62. The van der Waals surface area contributed by atoms with Gasteiger partial charge >= 0.3 is 6.09 Å². The number of ether oxygens (including phenoxy) is 2. The molecule has 2 rings (SSSR count). The normalized spacial score (nSPS) is 15.4. The Kier molecular flexibility index (Phi) is 10.4. The Balaban J connectivity index is 0.00000392. The van der Waals surface area contributed by atoms with Gasteiger partial charge in [0.15, 0.2) is 5.96 Å². The summed E-state index contributed by atoms with van der Waals surface area (Å²) in [7, 11) is 1.77. The Morgan fingerprint density at radius 2 is 1.75 bits per heavy atom. The van der Waals surface area contributed by atoms with Crippen molar-refractivity contribution in [3.05, 3.63) is 30.3 Å². The number of hydrogen-bond donors (Lipinski definition) is 2. The fraction of sp³-hybridized carbons (Fsp3) is 0.600. The summed E-state index contributed by atoms with van der Waals surface area (Å²) < 4.78 is 11.2. The largest absolute Gasteiger partial charge is 0.490 e. The molecule has 28 heavy (non-hydrogen) atoms. The molecule has 1 aromatic rings. The molecule has 0 bridgehead atoms. The first-order chi connectivity index (χ1) is 12.9. The lowest BCUT2D eigenvalue weighted by Crippen LogP contribution is -2.49. The maximum atomic E-state index is 11.6. The van der Waals surface area contributed by atoms with Gasteiger partial charge < -0.3 is 25.0 Å². The number of likely N-dealkylation sites (tertiary alicyclic amines) is 1. The number of aliphatic imine (C=N–C) groups is 1. The first-order valence-corrected chi connectivity index (χ1v) is 9.51. The van der Waals surface area contributed by atoms with E-state index in [9.17, 15) is 4.79 Å². The van der Waals surface area contributed by atoms with Crippen molar-refractivity contribution >= 4 is 36.0 Å². The molecule has 2 N–H and O–H groups in total. The molecule has 1 aliphatic heterocycles. The highest BCUT2D eigenvalue weighted by atomic mass is 127. The fourth-order valence-corrected chi connectivity index (χ4v) is 2.86. The molecule has 0 unspecified atom stereocenters. The summed E-state index contributed by atoms with van der Waals surface area (Å²) in [6, 6.07) is 9.95. The van der Waals surface area contributed by atoms with Crippen molar-refractivity contribution in [3.8, 4) is 5.75 Å². The van der Waals surface area contributed by atoms with Crippen molar-refractivity contribution < 1.29 is 14.3 Å². The van der Waals surface area contributed by atoms with Gasteiger partial charge in [-0.05, 0) is 32.9 Å². The van der Waals surface area contributed by atoms with Gasteiger partial charge in [-0.2, -0.15) is 0 Å². The average molecular weight is 504 g/mol. The zero-order valence-corrected chi connectivity index (χ0v) is 19.6. The molecular formula is C20H33IN4O3. The smallest absolute Gasteiger partial charge is 0.407 e. The van der Waals surface area contributed by atoms with Crippen molar-refractivity contribution in [2.24, 2.45) is 4.99 Å². The number of halogens is 1. The van der Waals surface area contributed by atoms with E-state index in [1.165, 1.54) is 0 Å². The van der Waals surface area contributed by atoms with Gasteiger partial charge in [-0.25, -0.2) is 4.79 Å². The molecule has 0 atom stereocenters. The van der Waals surface area contributed by atoms with Crippen molar-refractivity contribution in [1.82, 2.24) is 15.5 Å². The van der Waals surface area contributed by atoms with Crippen molar-refractivity contribution in [3.63, 3.8) is 0 Å². The van der Waals surface area contributed by atoms with Gasteiger partial charge in [-0.3, -0.25) is 4.99 Å². The number of rotatable bonds is 5. The summed E-state index contributed by atoms with van der Waals surface area (Å²) in [4.78, 5) is 18.2. The number of carbonyl (C=O) groups is 1. The van der Waals surface area contributed by atoms with E-state index in [0.29, 0.717) is 13.1 Å². The molecule has 0 radical (unpaired) electrons. The minimum Gasteiger partial charge on any atom is -0.490 e. The topological polar surface area (TPSA) is 75.2 Å². The first kappa shape index (κ1) is 24.3. The van der Waals surface area contributed by atoms with Crippen LogP contribution in [0.25, 0.3) is 0 Å². The molecule has 1 heterocycles. The number of carbonyl (C=O) groups excluding carboxylic acids is 1. The van der Waals surface area contributed by atoms with E-state index in [-0.39, 0.29) is 30.1 Å². The highest BCUT2D eigenvalue weighted by Crippen LogP contribution is 2.18. The minimum absolute atomic E-state index is 0. The molecule has 0 saturated carbocycles. The van der Waals surface area contributed by atoms with E-state index in [0.717, 1.165) is 37.6 Å². The van der Waals surface area contributed by atoms with Crippen LogP contribution in [-0.4, -0.2) is 61.9 Å². The van der Waals surface area contributed by atoms with Crippen LogP contribution in [0.4, 0.5) is 4.79 Å². The van der Waals surface area contributed by atoms with Crippen LogP contribution < -0.4 is 15.4 Å². The lowest BCUT2D eigenvalue weighted by atomic mass is 10.1. The van der Waals surface area contributed by atoms with Crippen LogP contribution in [0.1, 0.15) is 33.6 Å². The SMILES string of the molecule is CN=C(NCCNC(=O)OC(C)(C)C)N1CCC(Oc2ccccc2)CC1.I. The molecule has 1 saturated heterocycles. The number of alkyl carbamates (subject to hydrolysis) is 1. The Morgan fingerprint density at radius 1 is 1.14 bits per heavy atom. The summed E-state index contributed by atoms with van der Waals surface area (Å²) in [5, 5.41) is 6.03. The zero-order valence-electron chi connectivity index (χ0n) is 17.2. The van der Waals surface area contributed by atoms with Crippen molar-refractivity contribution in [1.29, 1.82) is 0 Å². The number of para-hydroxylation sites is 1. The number of nitrogens with one attached hydrogen (secondary N) is 2. The Bertz CT molecular complexity index is 612. The lowest BCUT2D eigenvalue weighted by Gasteiger charge is -2.34. The predicted octanol–water partition coefficient (Wildman–Crippen LogP) is 3.25. The van der Waals surface area contributed by atoms with Crippen LogP contribution in [0.5, 0.6) is 5.75 Å². The summed E-state index contributed by atoms with van der Waals surface area (Å²) in [5.74, 6) is 1.77. The summed E-state index contributed by atoms with van der Waals surface area (Å²) in [6.07, 6.45) is 1.73. The van der Waals surface area contributed by atoms with Gasteiger partial charge in [0.1, 0.15) is 17.5 Å². The van der Waals surface area contributed by atoms with Gasteiger partial charge in [-0.15, -0.1) is 24.0 Å². The zero-order chi connectivity index (χ0) is 19.7. The number of hydrogen-bond acceptors (Lipinski definition) is 4. The van der Waals surface area contributed by atoms with Crippen LogP contribution in [0.15, 0.2) is 35.3 Å². The number of amides is 1. The predicted molar refractivity (Wildman–Crippen MR) is 123 cm³/mol. The van der Waals surface area contributed by atoms with Gasteiger partial charge in [0.2, 0.25) is 0 Å². The molecule has 1 fully saturated rings. The maximum absolute atomic E-state index is 11.6. The Morgan fingerprint density at radius 3 is 2.32 bits per heavy atom. The molecule has 158 valence electrons. The number of guanidine groups is 1. The Hall–Kier alpha value is -1.71. The third-order valence-electron chi connectivity index (χ3n) is 4.08. The minimum atomic E-state index is -0.486. The van der Waals surface area contributed by atoms with E-state index in [1.54, 1.807) is 7.05 Å². The quantitative estimate of drug-likeness (QED) is 0.279. The second-order valence-electron chi connectivity index (χ2n) is 7.52. The molecule has 0 aromatic heterocycles. The molecule has 1 amide bonds. The second-order valence-corrected chi connectivity index (χ2v) is 7.52. The number of nitrogens with zero attached hydrogens (tertiary/aromatic N) is 2. The Labute approximate surface area is 185 Å². The third-order valence-corrected chi connectivity index (χ3v) is 4.08. The van der Waals surface area contributed by atoms with E-state index in [1.807, 2.05) is 51.1 Å². The molecule has 7 nitrogen and oxygen atoms in total. The van der Waals surface area contributed by atoms with Gasteiger partial charge in [-0.1, -0.05) is 18.2 Å². The molecule has 1 aromatic carbocycles. The van der Waals surface area contributed by atoms with Crippen molar-refractivity contribution in [2.75, 3.05) is 33.2 Å². The molecule has 8 heteroatoms. The van der Waals surface area contributed by atoms with Gasteiger partial charge in [0.05, 0.1) is 0 Å². The standard InChI is InChI=1S/C20H32N4O3.HI/c1-20(2,3)27-19(25)23-13-12-22-18(21-4)24-14-10-17(11-15-24)26-16-8-6-5-7-9-16;/h5-9,17H,10-15H2,1-4H3,(H,21,22)(H,23,25);1H. The van der Waals surface area contributed by atoms with Crippen LogP contribution in [0, 0.1) is 0 Å². The van der Waals surface area contributed by atoms with Crippen LogP contribution >= 0.6 is 24.0 Å². The molecule has 0 aliphatic carbocycles. The molecule has 0 spiro atoms. The molecular weight excluding hydrogens is 471 g/mol. The molecule has 1 aliphatic rings. The summed E-state index contributed by atoms with van der Waals surface area (Å²) in [6.45, 7) is 8.37. The third kappa shape index (κ3) is 8.99. The fourth-order valence-electron chi connectivity index (χ4n) is 2.86. The van der Waals surface area contributed by atoms with Crippen LogP contribution in [0.2, 0.25) is 0 Å². The maximum Gasteiger partial charge on any atom is 0.407 e. The van der Waals surface area contributed by atoms with Crippen LogP contribution in [0.3, 0.4) is 0 Å². The van der Waals surface area contributed by atoms with E-state index in [2.05, 4.69) is 20.5 Å². The van der Waals surface area contributed by atoms with E-state index in [4.69, 9.17) is 9.47 Å². The lowest BCUT2D eigenvalue weighted by molar-refractivity contribution is 0.0528. The summed E-state index contributed by atoms with van der Waals surface area (Å²) >= 11 is 0. The van der Waals surface area contributed by atoms with E-state index >= 15 is 0 Å². The number of piperidine rings is 1. The first-order valence-electron chi connectivity index (χ1n) is 9.51. The van der Waals surface area contributed by atoms with Crippen LogP contribution in [-0.2, 0) is 4.74 Å². The second kappa shape index (κ2) is 12.0. The highest BCUT2D eigenvalue weighted by molar-refractivity contribution is 14.0. The summed E-state index contributed by atoms with van der Waals surface area (Å²) in [5.41, 5.74) is -0.486. The van der Waals surface area contributed by atoms with Gasteiger partial charge in [0.25, 0.3) is 0 Å². The monoisotopic (exact) mass is 504 g/mol. The van der Waals surface area contributed by atoms with Crippen molar-refractivity contribution in [2.45, 2.75) is 45.3 Å². The van der Waals surface area contributed by atoms with Gasteiger partial charge in [0, 0.05) is 46.1 Å². The van der Waals surface area contributed by atoms with E-state index < -0.39 is 11.7 Å². The number of benzene rings is 1. The highest BCUT2D eigenvalue weighted by Gasteiger charge is 2.22.